The van der Waals surface area contributed by atoms with E-state index < -0.39 is 6.43 Å². The lowest BCUT2D eigenvalue weighted by atomic mass is 10.1. The Morgan fingerprint density at radius 3 is 2.75 bits per heavy atom. The molecule has 1 aromatic carbocycles. The van der Waals surface area contributed by atoms with Gasteiger partial charge in [-0.2, -0.15) is 19.0 Å². The summed E-state index contributed by atoms with van der Waals surface area (Å²) in [5.74, 6) is 0.954. The second-order valence-corrected chi connectivity index (χ2v) is 5.99. The number of rotatable bonds is 6. The summed E-state index contributed by atoms with van der Waals surface area (Å²) in [4.78, 5) is 13.5. The lowest BCUT2D eigenvalue weighted by molar-refractivity contribution is -0.448. The predicted molar refractivity (Wildman–Crippen MR) is 85.3 cm³/mol. The number of nitriles is 1. The summed E-state index contributed by atoms with van der Waals surface area (Å²) in [6.45, 7) is 1.62. The van der Waals surface area contributed by atoms with Gasteiger partial charge in [0.25, 0.3) is 5.03 Å². The first-order valence-corrected chi connectivity index (χ1v) is 7.98. The van der Waals surface area contributed by atoms with E-state index >= 15 is 0 Å². The van der Waals surface area contributed by atoms with Crippen LogP contribution in [0.5, 0.6) is 5.75 Å². The number of H-pyrrole nitrogens is 1. The van der Waals surface area contributed by atoms with Gasteiger partial charge in [-0.1, -0.05) is 11.8 Å². The Morgan fingerprint density at radius 2 is 2.17 bits per heavy atom. The maximum atomic E-state index is 13.0. The van der Waals surface area contributed by atoms with Crippen LogP contribution in [0.2, 0.25) is 0 Å². The SMILES string of the molecule is COc1ccc(C=O)cc1CSc1[nH+]c(C(F)F)cc(C)c1C#N. The third-order valence-electron chi connectivity index (χ3n) is 3.41. The zero-order valence-electron chi connectivity index (χ0n) is 13.1. The van der Waals surface area contributed by atoms with Crippen LogP contribution in [0, 0.1) is 18.3 Å². The Bertz CT molecular complexity index is 804. The first kappa shape index (κ1) is 17.9. The Labute approximate surface area is 142 Å². The molecule has 0 aliphatic heterocycles. The molecule has 1 N–H and O–H groups in total. The fraction of sp³-hybridized carbons (Fsp3) is 0.235. The van der Waals surface area contributed by atoms with Crippen molar-refractivity contribution in [1.29, 1.82) is 5.26 Å². The minimum absolute atomic E-state index is 0.234. The number of halogens is 2. The lowest BCUT2D eigenvalue weighted by Gasteiger charge is -2.08. The number of carbonyl (C=O) groups excluding carboxylic acids is 1. The molecule has 2 aromatic rings. The molecule has 1 heterocycles. The van der Waals surface area contributed by atoms with E-state index in [0.717, 1.165) is 11.8 Å². The van der Waals surface area contributed by atoms with Crippen LogP contribution >= 0.6 is 11.8 Å². The Hall–Kier alpha value is -2.46. The fourth-order valence-electron chi connectivity index (χ4n) is 2.21. The molecular weight excluding hydrogens is 334 g/mol. The number of ether oxygens (including phenoxy) is 1. The summed E-state index contributed by atoms with van der Waals surface area (Å²) in [5.41, 5.74) is 1.82. The van der Waals surface area contributed by atoms with Crippen LogP contribution in [0.3, 0.4) is 0 Å². The predicted octanol–water partition coefficient (Wildman–Crippen LogP) is 3.73. The van der Waals surface area contributed by atoms with Gasteiger partial charge in [-0.25, -0.2) is 0 Å². The monoisotopic (exact) mass is 349 g/mol. The molecule has 0 saturated heterocycles. The summed E-state index contributed by atoms with van der Waals surface area (Å²) in [5, 5.41) is 9.63. The number of aryl methyl sites for hydroxylation is 1. The first-order valence-electron chi connectivity index (χ1n) is 7.00. The number of alkyl halides is 2. The maximum absolute atomic E-state index is 13.0. The van der Waals surface area contributed by atoms with E-state index in [-0.39, 0.29) is 5.69 Å². The van der Waals surface area contributed by atoms with E-state index in [2.05, 4.69) is 4.98 Å². The Kier molecular flexibility index (Phi) is 5.88. The number of aromatic nitrogens is 1. The smallest absolute Gasteiger partial charge is 0.320 e. The highest BCUT2D eigenvalue weighted by Gasteiger charge is 2.23. The number of thioether (sulfide) groups is 1. The molecule has 7 heteroatoms. The van der Waals surface area contributed by atoms with E-state index in [0.29, 0.717) is 33.2 Å². The standard InChI is InChI=1S/C17H14F2N2O2S/c1-10-5-14(16(18)19)21-17(13(10)7-20)24-9-12-6-11(8-22)3-4-15(12)23-2/h3-6,8,16H,9H2,1-2H3/p+1. The number of benzene rings is 1. The average Bonchev–Trinajstić information content (AvgIpc) is 2.58. The number of aromatic amines is 1. The van der Waals surface area contributed by atoms with Crippen molar-refractivity contribution in [3.8, 4) is 11.8 Å². The summed E-state index contributed by atoms with van der Waals surface area (Å²) >= 11 is 1.21. The van der Waals surface area contributed by atoms with E-state index in [1.54, 1.807) is 25.1 Å². The van der Waals surface area contributed by atoms with Crippen molar-refractivity contribution in [2.24, 2.45) is 0 Å². The fourth-order valence-corrected chi connectivity index (χ4v) is 3.28. The molecule has 0 aliphatic carbocycles. The molecular formula is C17H15F2N2O2S+. The summed E-state index contributed by atoms with van der Waals surface area (Å²) < 4.78 is 31.2. The van der Waals surface area contributed by atoms with Gasteiger partial charge in [0.15, 0.2) is 0 Å². The zero-order chi connectivity index (χ0) is 17.7. The minimum atomic E-state index is -2.65. The molecule has 4 nitrogen and oxygen atoms in total. The molecule has 0 radical (unpaired) electrons. The molecule has 0 fully saturated rings. The molecule has 0 saturated carbocycles. The van der Waals surface area contributed by atoms with Gasteiger partial charge in [-0.15, -0.1) is 0 Å². The Balaban J connectivity index is 2.35. The highest BCUT2D eigenvalue weighted by molar-refractivity contribution is 7.98. The largest absolute Gasteiger partial charge is 0.496 e. The maximum Gasteiger partial charge on any atom is 0.320 e. The molecule has 0 bridgehead atoms. The lowest BCUT2D eigenvalue weighted by Crippen LogP contribution is -2.17. The molecule has 0 atom stereocenters. The van der Waals surface area contributed by atoms with Crippen LogP contribution in [0.1, 0.15) is 39.2 Å². The normalized spacial score (nSPS) is 10.5. The van der Waals surface area contributed by atoms with Crippen LogP contribution < -0.4 is 9.72 Å². The number of carbonyl (C=O) groups is 1. The van der Waals surface area contributed by atoms with Crippen molar-refractivity contribution in [2.75, 3.05) is 7.11 Å². The summed E-state index contributed by atoms with van der Waals surface area (Å²) in [6.07, 6.45) is -1.93. The summed E-state index contributed by atoms with van der Waals surface area (Å²) in [6, 6.07) is 8.30. The molecule has 0 unspecified atom stereocenters. The third kappa shape index (κ3) is 3.89. The molecule has 2 rings (SSSR count). The first-order chi connectivity index (χ1) is 11.5. The van der Waals surface area contributed by atoms with Crippen LogP contribution in [0.15, 0.2) is 29.3 Å². The van der Waals surface area contributed by atoms with Crippen LogP contribution in [0.4, 0.5) is 8.78 Å². The van der Waals surface area contributed by atoms with Gasteiger partial charge in [-0.05, 0) is 30.7 Å². The third-order valence-corrected chi connectivity index (χ3v) is 4.46. The summed E-state index contributed by atoms with van der Waals surface area (Å²) in [7, 11) is 1.51. The quantitative estimate of drug-likeness (QED) is 0.589. The molecule has 124 valence electrons. The van der Waals surface area contributed by atoms with Crippen molar-refractivity contribution in [1.82, 2.24) is 0 Å². The number of nitrogens with one attached hydrogen (secondary N) is 1. The van der Waals surface area contributed by atoms with Gasteiger partial charge >= 0.3 is 6.43 Å². The van der Waals surface area contributed by atoms with Crippen LogP contribution in [-0.4, -0.2) is 13.4 Å². The number of hydrogen-bond acceptors (Lipinski definition) is 4. The number of nitrogens with zero attached hydrogens (tertiary/aromatic N) is 1. The number of aldehydes is 1. The van der Waals surface area contributed by atoms with Gasteiger partial charge in [-0.3, -0.25) is 4.79 Å². The van der Waals surface area contributed by atoms with Crippen molar-refractivity contribution in [3.63, 3.8) is 0 Å². The molecule has 1 aromatic heterocycles. The van der Waals surface area contributed by atoms with E-state index in [4.69, 9.17) is 4.74 Å². The molecule has 24 heavy (non-hydrogen) atoms. The van der Waals surface area contributed by atoms with Gasteiger partial charge in [0.05, 0.1) is 7.11 Å². The zero-order valence-corrected chi connectivity index (χ0v) is 13.9. The van der Waals surface area contributed by atoms with E-state index in [1.165, 1.54) is 24.9 Å². The van der Waals surface area contributed by atoms with Crippen molar-refractivity contribution >= 4 is 18.0 Å². The van der Waals surface area contributed by atoms with Gasteiger partial charge < -0.3 is 4.74 Å². The van der Waals surface area contributed by atoms with Crippen molar-refractivity contribution in [3.05, 3.63) is 52.2 Å². The van der Waals surface area contributed by atoms with E-state index in [1.807, 2.05) is 6.07 Å². The van der Waals surface area contributed by atoms with Crippen molar-refractivity contribution in [2.45, 2.75) is 24.1 Å². The van der Waals surface area contributed by atoms with Crippen LogP contribution in [0.25, 0.3) is 0 Å². The average molecular weight is 349 g/mol. The highest BCUT2D eigenvalue weighted by atomic mass is 32.2. The second-order valence-electron chi connectivity index (χ2n) is 5.00. The van der Waals surface area contributed by atoms with Gasteiger partial charge in [0.2, 0.25) is 5.69 Å². The highest BCUT2D eigenvalue weighted by Crippen LogP contribution is 2.30. The number of methoxy groups -OCH3 is 1. The Morgan fingerprint density at radius 1 is 1.42 bits per heavy atom. The second kappa shape index (κ2) is 7.88. The topological polar surface area (TPSA) is 64.2 Å². The van der Waals surface area contributed by atoms with Gasteiger partial charge in [0.1, 0.15) is 23.7 Å². The van der Waals surface area contributed by atoms with Crippen molar-refractivity contribution < 1.29 is 23.3 Å². The number of pyridine rings is 1. The van der Waals surface area contributed by atoms with Gasteiger partial charge in [0, 0.05) is 22.9 Å². The molecule has 0 aliphatic rings. The minimum Gasteiger partial charge on any atom is -0.496 e. The molecule has 0 spiro atoms. The number of hydrogen-bond donors (Lipinski definition) is 0. The molecule has 0 amide bonds. The van der Waals surface area contributed by atoms with Crippen LogP contribution in [-0.2, 0) is 5.75 Å². The van der Waals surface area contributed by atoms with E-state index in [9.17, 15) is 18.8 Å².